The van der Waals surface area contributed by atoms with Crippen LogP contribution >= 0.6 is 0 Å². The highest BCUT2D eigenvalue weighted by molar-refractivity contribution is 5.97. The number of aromatic nitrogens is 2. The van der Waals surface area contributed by atoms with Crippen molar-refractivity contribution in [2.45, 2.75) is 45.8 Å². The van der Waals surface area contributed by atoms with Crippen LogP contribution in [0.4, 0.5) is 19.0 Å². The van der Waals surface area contributed by atoms with Gasteiger partial charge in [0.25, 0.3) is 5.91 Å². The molecule has 0 aliphatic carbocycles. The third kappa shape index (κ3) is 4.05. The van der Waals surface area contributed by atoms with Crippen LogP contribution in [0.15, 0.2) is 36.5 Å². The second-order valence-corrected chi connectivity index (χ2v) is 7.76. The fourth-order valence-electron chi connectivity index (χ4n) is 3.62. The van der Waals surface area contributed by atoms with Gasteiger partial charge in [-0.05, 0) is 43.2 Å². The molecule has 1 aliphatic rings. The van der Waals surface area contributed by atoms with E-state index in [0.717, 1.165) is 28.6 Å². The maximum Gasteiger partial charge on any atom is 0.416 e. The summed E-state index contributed by atoms with van der Waals surface area (Å²) in [4.78, 5) is 23.4. The Morgan fingerprint density at radius 1 is 1.19 bits per heavy atom. The fraction of sp³-hybridized carbons (Fsp3) is 0.318. The number of benzene rings is 1. The largest absolute Gasteiger partial charge is 0.416 e. The number of rotatable bonds is 4. The average Bonchev–Trinajstić information content (AvgIpc) is 3.22. The summed E-state index contributed by atoms with van der Waals surface area (Å²) in [5, 5.41) is 0.762. The van der Waals surface area contributed by atoms with Crippen LogP contribution in [0.25, 0.3) is 10.9 Å². The van der Waals surface area contributed by atoms with E-state index in [0.29, 0.717) is 30.1 Å². The molecular weight excluding hydrogens is 409 g/mol. The predicted octanol–water partition coefficient (Wildman–Crippen LogP) is 4.31. The maximum absolute atomic E-state index is 13.2. The normalized spacial score (nSPS) is 13.6. The average molecular weight is 430 g/mol. The third-order valence-electron chi connectivity index (χ3n) is 5.35. The molecule has 0 spiro atoms. The minimum atomic E-state index is -4.40. The lowest BCUT2D eigenvalue weighted by Crippen LogP contribution is -2.36. The Bertz CT molecular complexity index is 1140. The van der Waals surface area contributed by atoms with Gasteiger partial charge >= 0.3 is 6.18 Å². The molecule has 1 amide bonds. The number of amides is 1. The van der Waals surface area contributed by atoms with Crippen molar-refractivity contribution in [1.29, 1.82) is 0 Å². The van der Waals surface area contributed by atoms with Crippen molar-refractivity contribution in [2.75, 3.05) is 5.73 Å². The van der Waals surface area contributed by atoms with Gasteiger partial charge in [0.2, 0.25) is 0 Å². The van der Waals surface area contributed by atoms with Gasteiger partial charge in [-0.2, -0.15) is 13.2 Å². The number of pyridine rings is 2. The summed E-state index contributed by atoms with van der Waals surface area (Å²) in [6.45, 7) is 4.61. The van der Waals surface area contributed by atoms with Crippen LogP contribution in [-0.2, 0) is 30.7 Å². The zero-order chi connectivity index (χ0) is 22.3. The Morgan fingerprint density at radius 2 is 1.87 bits per heavy atom. The molecule has 1 aliphatic heterocycles. The zero-order valence-electron chi connectivity index (χ0n) is 17.0. The smallest absolute Gasteiger partial charge is 0.383 e. The summed E-state index contributed by atoms with van der Waals surface area (Å²) >= 11 is 0. The van der Waals surface area contributed by atoms with E-state index < -0.39 is 11.7 Å². The first-order valence-electron chi connectivity index (χ1n) is 9.77. The number of ether oxygens (including phenoxy) is 1. The van der Waals surface area contributed by atoms with Crippen LogP contribution in [0.1, 0.15) is 46.6 Å². The molecule has 0 atom stereocenters. The number of alkyl halides is 3. The van der Waals surface area contributed by atoms with Crippen molar-refractivity contribution in [3.63, 3.8) is 0 Å². The SMILES string of the molecule is CC(C)N(Cc1ccc(C(F)(F)F)cc1)C(=O)c1cc2c3c(c(N)nc2cn1)COC3. The molecule has 0 radical (unpaired) electrons. The van der Waals surface area contributed by atoms with Gasteiger partial charge in [-0.1, -0.05) is 12.1 Å². The molecule has 0 unspecified atom stereocenters. The van der Waals surface area contributed by atoms with Crippen molar-refractivity contribution in [1.82, 2.24) is 14.9 Å². The minimum Gasteiger partial charge on any atom is -0.383 e. The first kappa shape index (κ1) is 21.0. The van der Waals surface area contributed by atoms with Crippen LogP contribution in [0.5, 0.6) is 0 Å². The molecular formula is C22H21F3N4O2. The Hall–Kier alpha value is -3.20. The van der Waals surface area contributed by atoms with Crippen LogP contribution in [-0.4, -0.2) is 26.8 Å². The van der Waals surface area contributed by atoms with Gasteiger partial charge in [0.05, 0.1) is 30.5 Å². The lowest BCUT2D eigenvalue weighted by molar-refractivity contribution is -0.137. The summed E-state index contributed by atoms with van der Waals surface area (Å²) in [6.07, 6.45) is -2.89. The van der Waals surface area contributed by atoms with Crippen LogP contribution in [0.2, 0.25) is 0 Å². The molecule has 3 heterocycles. The number of anilines is 1. The highest BCUT2D eigenvalue weighted by Gasteiger charge is 2.30. The van der Waals surface area contributed by atoms with Gasteiger partial charge in [0, 0.05) is 23.5 Å². The summed E-state index contributed by atoms with van der Waals surface area (Å²) < 4.78 is 43.9. The molecule has 6 nitrogen and oxygen atoms in total. The van der Waals surface area contributed by atoms with Crippen molar-refractivity contribution < 1.29 is 22.7 Å². The molecule has 2 aromatic heterocycles. The molecule has 0 saturated heterocycles. The molecule has 0 bridgehead atoms. The van der Waals surface area contributed by atoms with Gasteiger partial charge in [-0.3, -0.25) is 4.79 Å². The topological polar surface area (TPSA) is 81.3 Å². The Morgan fingerprint density at radius 3 is 2.52 bits per heavy atom. The third-order valence-corrected chi connectivity index (χ3v) is 5.35. The number of nitrogen functional groups attached to an aromatic ring is 1. The van der Waals surface area contributed by atoms with Crippen LogP contribution < -0.4 is 5.73 Å². The summed E-state index contributed by atoms with van der Waals surface area (Å²) in [5.41, 5.74) is 8.39. The number of nitrogens with zero attached hydrogens (tertiary/aromatic N) is 3. The van der Waals surface area contributed by atoms with Crippen molar-refractivity contribution in [3.05, 3.63) is 64.5 Å². The molecule has 9 heteroatoms. The van der Waals surface area contributed by atoms with Crippen molar-refractivity contribution >= 4 is 22.6 Å². The van der Waals surface area contributed by atoms with Crippen molar-refractivity contribution in [2.24, 2.45) is 0 Å². The van der Waals surface area contributed by atoms with Gasteiger partial charge in [-0.15, -0.1) is 0 Å². The van der Waals surface area contributed by atoms with Gasteiger partial charge in [0.15, 0.2) is 0 Å². The summed E-state index contributed by atoms with van der Waals surface area (Å²) in [5.74, 6) is 0.0771. The molecule has 4 rings (SSSR count). The molecule has 2 N–H and O–H groups in total. The van der Waals surface area contributed by atoms with E-state index in [-0.39, 0.29) is 24.2 Å². The van der Waals surface area contributed by atoms with E-state index >= 15 is 0 Å². The number of hydrogen-bond donors (Lipinski definition) is 1. The standard InChI is InChI=1S/C22H21F3N4O2/c1-12(2)29(9-13-3-5-14(6-4-13)22(23,24)25)21(30)18-7-15-16-10-31-11-17(16)20(26)28-19(15)8-27-18/h3-8,12H,9-11H2,1-2H3,(H2,26,28). The summed E-state index contributed by atoms with van der Waals surface area (Å²) in [6, 6.07) is 6.30. The highest BCUT2D eigenvalue weighted by atomic mass is 19.4. The van der Waals surface area contributed by atoms with E-state index in [1.165, 1.54) is 18.3 Å². The quantitative estimate of drug-likeness (QED) is 0.667. The van der Waals surface area contributed by atoms with Crippen molar-refractivity contribution in [3.8, 4) is 0 Å². The second-order valence-electron chi connectivity index (χ2n) is 7.76. The molecule has 0 saturated carbocycles. The highest BCUT2D eigenvalue weighted by Crippen LogP contribution is 2.32. The maximum atomic E-state index is 13.2. The van der Waals surface area contributed by atoms with E-state index in [2.05, 4.69) is 9.97 Å². The second kappa shape index (κ2) is 7.81. The Kier molecular flexibility index (Phi) is 5.30. The number of carbonyl (C=O) groups excluding carboxylic acids is 1. The number of fused-ring (bicyclic) bond motifs is 3. The molecule has 0 fully saturated rings. The minimum absolute atomic E-state index is 0.162. The molecule has 162 valence electrons. The molecule has 31 heavy (non-hydrogen) atoms. The fourth-order valence-corrected chi connectivity index (χ4v) is 3.62. The van der Waals surface area contributed by atoms with Gasteiger partial charge in [0.1, 0.15) is 11.5 Å². The number of nitrogens with two attached hydrogens (primary N) is 1. The number of halogens is 3. The Labute approximate surface area is 176 Å². The number of hydrogen-bond acceptors (Lipinski definition) is 5. The van der Waals surface area contributed by atoms with E-state index in [4.69, 9.17) is 10.5 Å². The lowest BCUT2D eigenvalue weighted by atomic mass is 10.0. The number of carbonyl (C=O) groups is 1. The first-order chi connectivity index (χ1) is 14.6. The van der Waals surface area contributed by atoms with Gasteiger partial charge in [-0.25, -0.2) is 9.97 Å². The summed E-state index contributed by atoms with van der Waals surface area (Å²) in [7, 11) is 0. The monoisotopic (exact) mass is 430 g/mol. The molecule has 3 aromatic rings. The van der Waals surface area contributed by atoms with Crippen LogP contribution in [0, 0.1) is 0 Å². The predicted molar refractivity (Wildman–Crippen MR) is 109 cm³/mol. The molecule has 1 aromatic carbocycles. The van der Waals surface area contributed by atoms with E-state index in [9.17, 15) is 18.0 Å². The zero-order valence-corrected chi connectivity index (χ0v) is 17.0. The van der Waals surface area contributed by atoms with Gasteiger partial charge < -0.3 is 15.4 Å². The first-order valence-corrected chi connectivity index (χ1v) is 9.77. The Balaban J connectivity index is 1.64. The van der Waals surface area contributed by atoms with E-state index in [1.807, 2.05) is 13.8 Å². The lowest BCUT2D eigenvalue weighted by Gasteiger charge is -2.27. The van der Waals surface area contributed by atoms with E-state index in [1.54, 1.807) is 11.0 Å². The van der Waals surface area contributed by atoms with Crippen LogP contribution in [0.3, 0.4) is 0 Å².